The van der Waals surface area contributed by atoms with Crippen LogP contribution in [-0.2, 0) is 0 Å². The topological polar surface area (TPSA) is 69.8 Å². The minimum Gasteiger partial charge on any atom is -0.353 e. The Balaban J connectivity index is 0.00000210. The molecule has 6 heteroatoms. The van der Waals surface area contributed by atoms with Crippen LogP contribution < -0.4 is 10.6 Å². The molecule has 2 heterocycles. The molecule has 4 aromatic rings. The summed E-state index contributed by atoms with van der Waals surface area (Å²) in [4.78, 5) is 20.7. The van der Waals surface area contributed by atoms with Gasteiger partial charge in [-0.1, -0.05) is 48.5 Å². The number of H-pyrrole nitrogens is 1. The summed E-state index contributed by atoms with van der Waals surface area (Å²) in [6, 6.07) is 19.9. The number of para-hydroxylation sites is 1. The van der Waals surface area contributed by atoms with Crippen LogP contribution in [0, 0.1) is 0 Å². The fraction of sp³-hybridized carbons (Fsp3) is 0.143. The van der Waals surface area contributed by atoms with Crippen molar-refractivity contribution in [1.82, 2.24) is 20.6 Å². The maximum absolute atomic E-state index is 12.6. The normalized spacial score (nSPS) is 10.7. The standard InChI is InChI=1S/C21H20N4O.ClH/c1-22-11-12-23-21(26)18-13-16-15-9-5-6-10-17(15)24-20(16)19(25-18)14-7-3-2-4-8-14;/h2-10,13,22,24H,11-12H2,1H3,(H,23,26);1H. The lowest BCUT2D eigenvalue weighted by Crippen LogP contribution is -2.31. The third-order valence-electron chi connectivity index (χ3n) is 4.44. The zero-order chi connectivity index (χ0) is 17.9. The molecule has 0 radical (unpaired) electrons. The molecule has 0 saturated carbocycles. The van der Waals surface area contributed by atoms with Crippen LogP contribution in [0.15, 0.2) is 60.7 Å². The van der Waals surface area contributed by atoms with Crippen LogP contribution >= 0.6 is 12.4 Å². The highest BCUT2D eigenvalue weighted by molar-refractivity contribution is 6.13. The van der Waals surface area contributed by atoms with Crippen molar-refractivity contribution >= 4 is 40.1 Å². The summed E-state index contributed by atoms with van der Waals surface area (Å²) in [6.07, 6.45) is 0. The Morgan fingerprint density at radius 1 is 1.00 bits per heavy atom. The van der Waals surface area contributed by atoms with Gasteiger partial charge in [-0.2, -0.15) is 0 Å². The van der Waals surface area contributed by atoms with E-state index in [2.05, 4.69) is 26.7 Å². The van der Waals surface area contributed by atoms with Crippen molar-refractivity contribution in [2.75, 3.05) is 20.1 Å². The molecule has 0 aliphatic rings. The molecule has 0 atom stereocenters. The summed E-state index contributed by atoms with van der Waals surface area (Å²) in [6.45, 7) is 1.27. The van der Waals surface area contributed by atoms with Crippen molar-refractivity contribution in [2.24, 2.45) is 0 Å². The molecule has 138 valence electrons. The summed E-state index contributed by atoms with van der Waals surface area (Å²) in [5, 5.41) is 8.03. The number of likely N-dealkylation sites (N-methyl/N-ethyl adjacent to an activating group) is 1. The Labute approximate surface area is 163 Å². The van der Waals surface area contributed by atoms with Crippen molar-refractivity contribution in [3.63, 3.8) is 0 Å². The third-order valence-corrected chi connectivity index (χ3v) is 4.44. The van der Waals surface area contributed by atoms with Gasteiger partial charge in [0.15, 0.2) is 0 Å². The van der Waals surface area contributed by atoms with E-state index in [1.54, 1.807) is 0 Å². The Bertz CT molecular complexity index is 1080. The molecule has 0 aliphatic heterocycles. The molecular formula is C21H21ClN4O. The smallest absolute Gasteiger partial charge is 0.269 e. The van der Waals surface area contributed by atoms with Crippen LogP contribution in [0.2, 0.25) is 0 Å². The lowest BCUT2D eigenvalue weighted by molar-refractivity contribution is 0.0949. The van der Waals surface area contributed by atoms with Gasteiger partial charge in [0.05, 0.1) is 11.2 Å². The maximum atomic E-state index is 12.6. The monoisotopic (exact) mass is 380 g/mol. The van der Waals surface area contributed by atoms with Gasteiger partial charge in [-0.05, 0) is 19.2 Å². The summed E-state index contributed by atoms with van der Waals surface area (Å²) < 4.78 is 0. The quantitative estimate of drug-likeness (QED) is 0.462. The van der Waals surface area contributed by atoms with Gasteiger partial charge in [-0.25, -0.2) is 4.98 Å². The number of halogens is 1. The molecule has 0 unspecified atom stereocenters. The van der Waals surface area contributed by atoms with Gasteiger partial charge in [0.2, 0.25) is 0 Å². The molecule has 5 nitrogen and oxygen atoms in total. The number of rotatable bonds is 5. The number of hydrogen-bond acceptors (Lipinski definition) is 3. The predicted octanol–water partition coefficient (Wildman–Crippen LogP) is 3.75. The van der Waals surface area contributed by atoms with E-state index < -0.39 is 0 Å². The molecule has 2 aromatic heterocycles. The van der Waals surface area contributed by atoms with E-state index in [4.69, 9.17) is 0 Å². The minimum absolute atomic E-state index is 0. The molecule has 2 aromatic carbocycles. The summed E-state index contributed by atoms with van der Waals surface area (Å²) in [7, 11) is 1.86. The van der Waals surface area contributed by atoms with Crippen molar-refractivity contribution < 1.29 is 4.79 Å². The second kappa shape index (κ2) is 8.20. The number of aromatic amines is 1. The van der Waals surface area contributed by atoms with Gasteiger partial charge in [0.1, 0.15) is 5.69 Å². The van der Waals surface area contributed by atoms with Crippen molar-refractivity contribution in [2.45, 2.75) is 0 Å². The van der Waals surface area contributed by atoms with Crippen molar-refractivity contribution in [3.05, 3.63) is 66.4 Å². The zero-order valence-electron chi connectivity index (χ0n) is 15.0. The van der Waals surface area contributed by atoms with Crippen LogP contribution in [0.5, 0.6) is 0 Å². The lowest BCUT2D eigenvalue weighted by atomic mass is 10.1. The molecule has 0 saturated heterocycles. The SMILES string of the molecule is CNCCNC(=O)c1cc2c([nH]c3ccccc32)c(-c2ccccc2)n1.Cl. The van der Waals surface area contributed by atoms with Crippen LogP contribution in [0.25, 0.3) is 33.1 Å². The number of fused-ring (bicyclic) bond motifs is 3. The van der Waals surface area contributed by atoms with Gasteiger partial charge in [0, 0.05) is 34.9 Å². The molecule has 0 bridgehead atoms. The van der Waals surface area contributed by atoms with Crippen molar-refractivity contribution in [1.29, 1.82) is 0 Å². The van der Waals surface area contributed by atoms with Crippen LogP contribution in [0.3, 0.4) is 0 Å². The average Bonchev–Trinajstić information content (AvgIpc) is 3.06. The summed E-state index contributed by atoms with van der Waals surface area (Å²) >= 11 is 0. The number of benzene rings is 2. The number of hydrogen-bond donors (Lipinski definition) is 3. The highest BCUT2D eigenvalue weighted by Crippen LogP contribution is 2.32. The van der Waals surface area contributed by atoms with Gasteiger partial charge >= 0.3 is 0 Å². The third kappa shape index (κ3) is 3.65. The lowest BCUT2D eigenvalue weighted by Gasteiger charge is -2.08. The maximum Gasteiger partial charge on any atom is 0.269 e. The van der Waals surface area contributed by atoms with Gasteiger partial charge in [-0.3, -0.25) is 4.79 Å². The van der Waals surface area contributed by atoms with Crippen LogP contribution in [-0.4, -0.2) is 36.0 Å². The van der Waals surface area contributed by atoms with E-state index in [0.29, 0.717) is 18.8 Å². The molecule has 3 N–H and O–H groups in total. The molecular weight excluding hydrogens is 360 g/mol. The fourth-order valence-electron chi connectivity index (χ4n) is 3.16. The predicted molar refractivity (Wildman–Crippen MR) is 113 cm³/mol. The average molecular weight is 381 g/mol. The Morgan fingerprint density at radius 2 is 1.74 bits per heavy atom. The minimum atomic E-state index is -0.162. The van der Waals surface area contributed by atoms with E-state index in [9.17, 15) is 4.79 Å². The second-order valence-electron chi connectivity index (χ2n) is 6.17. The highest BCUT2D eigenvalue weighted by atomic mass is 35.5. The Morgan fingerprint density at radius 3 is 2.52 bits per heavy atom. The number of carbonyl (C=O) groups is 1. The van der Waals surface area contributed by atoms with E-state index >= 15 is 0 Å². The summed E-state index contributed by atoms with van der Waals surface area (Å²) in [5.41, 5.74) is 4.18. The van der Waals surface area contributed by atoms with Crippen LogP contribution in [0.4, 0.5) is 0 Å². The largest absolute Gasteiger partial charge is 0.353 e. The highest BCUT2D eigenvalue weighted by Gasteiger charge is 2.16. The van der Waals surface area contributed by atoms with E-state index in [0.717, 1.165) is 33.1 Å². The van der Waals surface area contributed by atoms with Crippen LogP contribution in [0.1, 0.15) is 10.5 Å². The first-order valence-electron chi connectivity index (χ1n) is 8.67. The van der Waals surface area contributed by atoms with E-state index in [1.165, 1.54) is 0 Å². The number of nitrogens with one attached hydrogen (secondary N) is 3. The first-order chi connectivity index (χ1) is 12.8. The number of carbonyl (C=O) groups excluding carboxylic acids is 1. The molecule has 0 aliphatic carbocycles. The molecule has 1 amide bonds. The fourth-order valence-corrected chi connectivity index (χ4v) is 3.16. The van der Waals surface area contributed by atoms with E-state index in [-0.39, 0.29) is 18.3 Å². The summed E-state index contributed by atoms with van der Waals surface area (Å²) in [5.74, 6) is -0.162. The number of aromatic nitrogens is 2. The molecule has 4 rings (SSSR count). The first-order valence-corrected chi connectivity index (χ1v) is 8.67. The van der Waals surface area contributed by atoms with Gasteiger partial charge in [0.25, 0.3) is 5.91 Å². The number of nitrogens with zero attached hydrogens (tertiary/aromatic N) is 1. The second-order valence-corrected chi connectivity index (χ2v) is 6.17. The number of amides is 1. The van der Waals surface area contributed by atoms with Gasteiger partial charge < -0.3 is 15.6 Å². The zero-order valence-corrected chi connectivity index (χ0v) is 15.8. The molecule has 0 spiro atoms. The number of pyridine rings is 1. The Kier molecular flexibility index (Phi) is 5.74. The van der Waals surface area contributed by atoms with Gasteiger partial charge in [-0.15, -0.1) is 12.4 Å². The first kappa shape index (κ1) is 18.9. The van der Waals surface area contributed by atoms with Crippen molar-refractivity contribution in [3.8, 4) is 11.3 Å². The van der Waals surface area contributed by atoms with E-state index in [1.807, 2.05) is 61.6 Å². The molecule has 27 heavy (non-hydrogen) atoms. The Hall–Kier alpha value is -2.89. The molecule has 0 fully saturated rings.